The molecule has 0 aliphatic rings. The highest BCUT2D eigenvalue weighted by atomic mass is 16.1. The monoisotopic (exact) mass is 247 g/mol. The van der Waals surface area contributed by atoms with Crippen LogP contribution in [0.4, 0.5) is 0 Å². The zero-order valence-electron chi connectivity index (χ0n) is 12.4. The number of hydrogen-bond acceptors (Lipinski definition) is 2. The topological polar surface area (TPSA) is 43.1 Å². The van der Waals surface area contributed by atoms with Crippen LogP contribution in [0.25, 0.3) is 0 Å². The normalized spacial score (nSPS) is 12.6. The third-order valence-corrected chi connectivity index (χ3v) is 3.47. The van der Waals surface area contributed by atoms with Crippen molar-refractivity contribution in [2.75, 3.05) is 6.54 Å². The van der Waals surface area contributed by atoms with E-state index in [9.17, 15) is 4.79 Å². The molecule has 2 heteroatoms. The smallest absolute Gasteiger partial charge is 0.169 e. The van der Waals surface area contributed by atoms with Gasteiger partial charge in [-0.05, 0) is 29.5 Å². The van der Waals surface area contributed by atoms with Crippen LogP contribution in [0.1, 0.15) is 56.1 Å². The third-order valence-electron chi connectivity index (χ3n) is 3.47. The van der Waals surface area contributed by atoms with Gasteiger partial charge < -0.3 is 5.73 Å². The standard InChI is InChI=1S/C16H25NO/c1-11-7-8-12(15(2,3)4)9-13(11)14(18)16(5,6)10-17/h7-9H,10,17H2,1-6H3. The molecule has 0 aliphatic carbocycles. The molecule has 18 heavy (non-hydrogen) atoms. The molecule has 0 bridgehead atoms. The summed E-state index contributed by atoms with van der Waals surface area (Å²) < 4.78 is 0. The summed E-state index contributed by atoms with van der Waals surface area (Å²) >= 11 is 0. The van der Waals surface area contributed by atoms with Crippen molar-refractivity contribution in [1.29, 1.82) is 0 Å². The lowest BCUT2D eigenvalue weighted by atomic mass is 9.79. The van der Waals surface area contributed by atoms with E-state index in [1.807, 2.05) is 32.9 Å². The van der Waals surface area contributed by atoms with Crippen LogP contribution in [0.15, 0.2) is 18.2 Å². The van der Waals surface area contributed by atoms with E-state index in [0.29, 0.717) is 6.54 Å². The van der Waals surface area contributed by atoms with Gasteiger partial charge in [-0.2, -0.15) is 0 Å². The maximum absolute atomic E-state index is 12.5. The molecule has 2 nitrogen and oxygen atoms in total. The summed E-state index contributed by atoms with van der Waals surface area (Å²) in [7, 11) is 0. The summed E-state index contributed by atoms with van der Waals surface area (Å²) in [6.45, 7) is 12.6. The van der Waals surface area contributed by atoms with Crippen molar-refractivity contribution in [3.63, 3.8) is 0 Å². The van der Waals surface area contributed by atoms with E-state index in [2.05, 4.69) is 26.8 Å². The molecule has 100 valence electrons. The average molecular weight is 247 g/mol. The van der Waals surface area contributed by atoms with Crippen molar-refractivity contribution < 1.29 is 4.79 Å². The minimum Gasteiger partial charge on any atom is -0.329 e. The molecule has 0 saturated heterocycles. The molecular formula is C16H25NO. The molecule has 0 radical (unpaired) electrons. The largest absolute Gasteiger partial charge is 0.329 e. The molecular weight excluding hydrogens is 222 g/mol. The first-order valence-electron chi connectivity index (χ1n) is 6.45. The number of Topliss-reactive ketones (excluding diaryl/α,β-unsaturated/α-hetero) is 1. The maximum atomic E-state index is 12.5. The van der Waals surface area contributed by atoms with Gasteiger partial charge in [0.2, 0.25) is 0 Å². The Morgan fingerprint density at radius 2 is 1.72 bits per heavy atom. The van der Waals surface area contributed by atoms with E-state index in [-0.39, 0.29) is 11.2 Å². The molecule has 0 aliphatic heterocycles. The van der Waals surface area contributed by atoms with Gasteiger partial charge in [-0.25, -0.2) is 0 Å². The predicted octanol–water partition coefficient (Wildman–Crippen LogP) is 3.46. The first kappa shape index (κ1) is 14.9. The van der Waals surface area contributed by atoms with E-state index in [1.54, 1.807) is 0 Å². The Balaban J connectivity index is 3.29. The van der Waals surface area contributed by atoms with Crippen molar-refractivity contribution in [1.82, 2.24) is 0 Å². The van der Waals surface area contributed by atoms with Crippen LogP contribution in [0, 0.1) is 12.3 Å². The van der Waals surface area contributed by atoms with Crippen LogP contribution < -0.4 is 5.73 Å². The number of nitrogens with two attached hydrogens (primary N) is 1. The fourth-order valence-electron chi connectivity index (χ4n) is 1.79. The fourth-order valence-corrected chi connectivity index (χ4v) is 1.79. The Morgan fingerprint density at radius 3 is 2.17 bits per heavy atom. The van der Waals surface area contributed by atoms with Crippen molar-refractivity contribution in [2.24, 2.45) is 11.1 Å². The Kier molecular flexibility index (Phi) is 4.02. The highest BCUT2D eigenvalue weighted by molar-refractivity contribution is 6.01. The van der Waals surface area contributed by atoms with Crippen LogP contribution >= 0.6 is 0 Å². The molecule has 0 aromatic heterocycles. The summed E-state index contributed by atoms with van der Waals surface area (Å²) in [5.41, 5.74) is 8.26. The lowest BCUT2D eigenvalue weighted by Crippen LogP contribution is -2.33. The van der Waals surface area contributed by atoms with Crippen molar-refractivity contribution in [3.8, 4) is 0 Å². The summed E-state index contributed by atoms with van der Waals surface area (Å²) in [4.78, 5) is 12.5. The van der Waals surface area contributed by atoms with Gasteiger partial charge in [0, 0.05) is 17.5 Å². The SMILES string of the molecule is Cc1ccc(C(C)(C)C)cc1C(=O)C(C)(C)CN. The Hall–Kier alpha value is -1.15. The van der Waals surface area contributed by atoms with Gasteiger partial charge in [-0.1, -0.05) is 46.8 Å². The Morgan fingerprint density at radius 1 is 1.17 bits per heavy atom. The van der Waals surface area contributed by atoms with Crippen LogP contribution in [0.2, 0.25) is 0 Å². The van der Waals surface area contributed by atoms with E-state index in [0.717, 1.165) is 11.1 Å². The molecule has 1 rings (SSSR count). The van der Waals surface area contributed by atoms with Gasteiger partial charge in [-0.15, -0.1) is 0 Å². The van der Waals surface area contributed by atoms with Gasteiger partial charge in [-0.3, -0.25) is 4.79 Å². The first-order chi connectivity index (χ1) is 8.09. The molecule has 0 spiro atoms. The molecule has 1 aromatic carbocycles. The van der Waals surface area contributed by atoms with E-state index >= 15 is 0 Å². The number of ketones is 1. The van der Waals surface area contributed by atoms with Gasteiger partial charge in [0.1, 0.15) is 0 Å². The molecule has 0 amide bonds. The number of benzene rings is 1. The first-order valence-corrected chi connectivity index (χ1v) is 6.45. The number of hydrogen-bond donors (Lipinski definition) is 1. The highest BCUT2D eigenvalue weighted by Crippen LogP contribution is 2.28. The minimum atomic E-state index is -0.499. The molecule has 0 unspecified atom stereocenters. The number of carbonyl (C=O) groups excluding carboxylic acids is 1. The summed E-state index contributed by atoms with van der Waals surface area (Å²) in [6.07, 6.45) is 0. The third kappa shape index (κ3) is 2.99. The second-order valence-corrected chi connectivity index (χ2v) is 6.70. The van der Waals surface area contributed by atoms with Crippen molar-refractivity contribution >= 4 is 5.78 Å². The molecule has 1 aromatic rings. The van der Waals surface area contributed by atoms with Crippen LogP contribution in [-0.4, -0.2) is 12.3 Å². The zero-order chi connectivity index (χ0) is 14.1. The van der Waals surface area contributed by atoms with E-state index in [1.165, 1.54) is 5.56 Å². The van der Waals surface area contributed by atoms with E-state index < -0.39 is 5.41 Å². The van der Waals surface area contributed by atoms with Gasteiger partial charge >= 0.3 is 0 Å². The zero-order valence-corrected chi connectivity index (χ0v) is 12.4. The van der Waals surface area contributed by atoms with Crippen LogP contribution in [0.5, 0.6) is 0 Å². The molecule has 0 atom stereocenters. The predicted molar refractivity (Wildman–Crippen MR) is 77.0 cm³/mol. The number of aryl methyl sites for hydroxylation is 1. The van der Waals surface area contributed by atoms with Crippen molar-refractivity contribution in [3.05, 3.63) is 34.9 Å². The molecule has 0 fully saturated rings. The fraction of sp³-hybridized carbons (Fsp3) is 0.562. The van der Waals surface area contributed by atoms with Gasteiger partial charge in [0.25, 0.3) is 0 Å². The lowest BCUT2D eigenvalue weighted by Gasteiger charge is -2.24. The summed E-state index contributed by atoms with van der Waals surface area (Å²) in [5, 5.41) is 0. The van der Waals surface area contributed by atoms with Crippen molar-refractivity contribution in [2.45, 2.75) is 47.0 Å². The minimum absolute atomic E-state index is 0.0512. The second kappa shape index (κ2) is 4.85. The lowest BCUT2D eigenvalue weighted by molar-refractivity contribution is 0.0846. The number of rotatable bonds is 3. The molecule has 0 heterocycles. The summed E-state index contributed by atoms with van der Waals surface area (Å²) in [6, 6.07) is 6.15. The average Bonchev–Trinajstić information content (AvgIpc) is 2.27. The molecule has 2 N–H and O–H groups in total. The van der Waals surface area contributed by atoms with Crippen LogP contribution in [-0.2, 0) is 5.41 Å². The Bertz CT molecular complexity index is 453. The quantitative estimate of drug-likeness (QED) is 0.831. The molecule has 0 saturated carbocycles. The highest BCUT2D eigenvalue weighted by Gasteiger charge is 2.29. The maximum Gasteiger partial charge on any atom is 0.169 e. The summed E-state index contributed by atoms with van der Waals surface area (Å²) in [5.74, 6) is 0.133. The Labute approximate surface area is 111 Å². The van der Waals surface area contributed by atoms with E-state index in [4.69, 9.17) is 5.73 Å². The number of carbonyl (C=O) groups is 1. The van der Waals surface area contributed by atoms with Crippen LogP contribution in [0.3, 0.4) is 0 Å². The van der Waals surface area contributed by atoms with Gasteiger partial charge in [0.15, 0.2) is 5.78 Å². The van der Waals surface area contributed by atoms with Gasteiger partial charge in [0.05, 0.1) is 0 Å². The second-order valence-electron chi connectivity index (χ2n) is 6.70.